The lowest BCUT2D eigenvalue weighted by Gasteiger charge is -2.17. The van der Waals surface area contributed by atoms with E-state index >= 15 is 0 Å². The van der Waals surface area contributed by atoms with Gasteiger partial charge in [0, 0.05) is 0 Å². The van der Waals surface area contributed by atoms with Crippen LogP contribution in [-0.4, -0.2) is 40.3 Å². The molecule has 0 aliphatic rings. The zero-order valence-corrected chi connectivity index (χ0v) is 7.52. The van der Waals surface area contributed by atoms with Gasteiger partial charge in [-0.05, 0) is 13.8 Å². The number of rotatable bonds is 4. The van der Waals surface area contributed by atoms with E-state index in [0.717, 1.165) is 0 Å². The molecule has 0 fully saturated rings. The number of aliphatic hydroxyl groups is 1. The van der Waals surface area contributed by atoms with Gasteiger partial charge in [-0.25, -0.2) is 4.79 Å². The number of hydrogen-bond acceptors (Lipinski definition) is 4. The van der Waals surface area contributed by atoms with Crippen LogP contribution in [0.25, 0.3) is 0 Å². The largest absolute Gasteiger partial charge is 0.480 e. The quantitative estimate of drug-likeness (QED) is 0.421. The van der Waals surface area contributed by atoms with Crippen molar-refractivity contribution in [2.75, 3.05) is 0 Å². The number of hydrogen-bond donors (Lipinski definition) is 4. The van der Waals surface area contributed by atoms with Crippen LogP contribution in [0.5, 0.6) is 0 Å². The van der Waals surface area contributed by atoms with Crippen LogP contribution in [0.2, 0.25) is 0 Å². The van der Waals surface area contributed by atoms with E-state index in [0.29, 0.717) is 0 Å². The number of amides is 1. The summed E-state index contributed by atoms with van der Waals surface area (Å²) in [4.78, 5) is 21.4. The van der Waals surface area contributed by atoms with Crippen LogP contribution in [0.15, 0.2) is 0 Å². The van der Waals surface area contributed by atoms with Gasteiger partial charge in [-0.3, -0.25) is 4.79 Å². The van der Waals surface area contributed by atoms with Crippen molar-refractivity contribution in [2.24, 2.45) is 5.73 Å². The van der Waals surface area contributed by atoms with Crippen LogP contribution in [-0.2, 0) is 9.59 Å². The predicted octanol–water partition coefficient (Wildman–Crippen LogP) is -1.72. The van der Waals surface area contributed by atoms with Gasteiger partial charge in [-0.2, -0.15) is 0 Å². The Morgan fingerprint density at radius 3 is 2.08 bits per heavy atom. The normalized spacial score (nSPS) is 17.2. The molecule has 5 N–H and O–H groups in total. The third kappa shape index (κ3) is 3.86. The summed E-state index contributed by atoms with van der Waals surface area (Å²) in [6.45, 7) is 2.70. The fourth-order valence-corrected chi connectivity index (χ4v) is 0.673. The fraction of sp³-hybridized carbons (Fsp3) is 0.714. The van der Waals surface area contributed by atoms with Crippen LogP contribution >= 0.6 is 0 Å². The average molecular weight is 190 g/mol. The lowest BCUT2D eigenvalue weighted by atomic mass is 10.1. The highest BCUT2D eigenvalue weighted by Crippen LogP contribution is 1.93. The first-order valence-corrected chi connectivity index (χ1v) is 3.83. The molecule has 0 aliphatic heterocycles. The number of carbonyl (C=O) groups is 2. The minimum Gasteiger partial charge on any atom is -0.480 e. The molecule has 6 heteroatoms. The number of nitrogens with one attached hydrogen (secondary N) is 1. The molecular weight excluding hydrogens is 176 g/mol. The van der Waals surface area contributed by atoms with Crippen LogP contribution in [0.4, 0.5) is 0 Å². The van der Waals surface area contributed by atoms with E-state index in [-0.39, 0.29) is 0 Å². The second-order valence-electron chi connectivity index (χ2n) is 2.85. The topological polar surface area (TPSA) is 113 Å². The molecule has 0 heterocycles. The number of aliphatic hydroxyl groups excluding tert-OH is 1. The molecule has 13 heavy (non-hydrogen) atoms. The molecule has 6 nitrogen and oxygen atoms in total. The molecule has 0 radical (unpaired) electrons. The molecule has 0 saturated heterocycles. The Hall–Kier alpha value is -1.14. The van der Waals surface area contributed by atoms with Crippen molar-refractivity contribution in [3.63, 3.8) is 0 Å². The molecule has 0 aliphatic carbocycles. The summed E-state index contributed by atoms with van der Waals surface area (Å²) in [5, 5.41) is 19.6. The van der Waals surface area contributed by atoms with Crippen LogP contribution in [0.1, 0.15) is 13.8 Å². The van der Waals surface area contributed by atoms with Gasteiger partial charge in [0.2, 0.25) is 5.91 Å². The van der Waals surface area contributed by atoms with Crippen molar-refractivity contribution in [1.82, 2.24) is 5.32 Å². The van der Waals surface area contributed by atoms with Gasteiger partial charge >= 0.3 is 5.97 Å². The van der Waals surface area contributed by atoms with Gasteiger partial charge in [0.05, 0.1) is 12.1 Å². The SMILES string of the molecule is CC(O)[C@H](NC(=O)[C@H](C)N)C(=O)O. The highest BCUT2D eigenvalue weighted by Gasteiger charge is 2.25. The zero-order chi connectivity index (χ0) is 10.6. The van der Waals surface area contributed by atoms with Gasteiger partial charge in [0.15, 0.2) is 6.04 Å². The Morgan fingerprint density at radius 2 is 1.85 bits per heavy atom. The number of carboxylic acid groups (broad SMARTS) is 1. The fourth-order valence-electron chi connectivity index (χ4n) is 0.673. The molecule has 0 aromatic heterocycles. The van der Waals surface area contributed by atoms with Gasteiger partial charge in [-0.1, -0.05) is 0 Å². The monoisotopic (exact) mass is 190 g/mol. The third-order valence-electron chi connectivity index (χ3n) is 1.46. The van der Waals surface area contributed by atoms with Crippen molar-refractivity contribution < 1.29 is 19.8 Å². The summed E-state index contributed by atoms with van der Waals surface area (Å²) in [5.41, 5.74) is 5.20. The Bertz CT molecular complexity index is 203. The van der Waals surface area contributed by atoms with Crippen molar-refractivity contribution in [2.45, 2.75) is 32.0 Å². The number of nitrogens with two attached hydrogens (primary N) is 1. The standard InChI is InChI=1S/C7H14N2O4/c1-3(8)6(11)9-5(4(2)10)7(12)13/h3-5,10H,8H2,1-2H3,(H,9,11)(H,12,13)/t3-,4?,5-/m0/s1. The van der Waals surface area contributed by atoms with Gasteiger partial charge in [0.25, 0.3) is 0 Å². The molecule has 0 bridgehead atoms. The maximum Gasteiger partial charge on any atom is 0.328 e. The van der Waals surface area contributed by atoms with E-state index in [9.17, 15) is 9.59 Å². The van der Waals surface area contributed by atoms with Crippen LogP contribution in [0.3, 0.4) is 0 Å². The molecule has 0 aromatic rings. The van der Waals surface area contributed by atoms with Crippen molar-refractivity contribution in [3.05, 3.63) is 0 Å². The molecular formula is C7H14N2O4. The molecule has 0 saturated carbocycles. The Labute approximate surface area is 75.7 Å². The summed E-state index contributed by atoms with van der Waals surface area (Å²) in [6, 6.07) is -2.10. The molecule has 3 atom stereocenters. The van der Waals surface area contributed by atoms with E-state index in [1.54, 1.807) is 0 Å². The molecule has 0 spiro atoms. The number of aliphatic carboxylic acids is 1. The smallest absolute Gasteiger partial charge is 0.328 e. The number of carbonyl (C=O) groups excluding carboxylic acids is 1. The van der Waals surface area contributed by atoms with Crippen molar-refractivity contribution in [1.29, 1.82) is 0 Å². The maximum absolute atomic E-state index is 11.0. The van der Waals surface area contributed by atoms with Crippen molar-refractivity contribution >= 4 is 11.9 Å². The average Bonchev–Trinajstić information content (AvgIpc) is 1.97. The summed E-state index contributed by atoms with van der Waals surface area (Å²) in [7, 11) is 0. The predicted molar refractivity (Wildman–Crippen MR) is 44.9 cm³/mol. The van der Waals surface area contributed by atoms with E-state index < -0.39 is 30.1 Å². The van der Waals surface area contributed by atoms with Gasteiger partial charge < -0.3 is 21.3 Å². The molecule has 1 amide bonds. The summed E-state index contributed by atoms with van der Waals surface area (Å²) >= 11 is 0. The second kappa shape index (κ2) is 4.78. The summed E-state index contributed by atoms with van der Waals surface area (Å²) in [5.74, 6) is -1.89. The van der Waals surface area contributed by atoms with E-state index in [4.69, 9.17) is 15.9 Å². The number of carboxylic acids is 1. The van der Waals surface area contributed by atoms with Gasteiger partial charge in [0.1, 0.15) is 0 Å². The molecule has 1 unspecified atom stereocenters. The lowest BCUT2D eigenvalue weighted by molar-refractivity contribution is -0.144. The van der Waals surface area contributed by atoms with Crippen molar-refractivity contribution in [3.8, 4) is 0 Å². The zero-order valence-electron chi connectivity index (χ0n) is 7.52. The van der Waals surface area contributed by atoms with Crippen LogP contribution in [0, 0.1) is 0 Å². The highest BCUT2D eigenvalue weighted by molar-refractivity contribution is 5.86. The minimum absolute atomic E-state index is 0.603. The Balaban J connectivity index is 4.27. The second-order valence-corrected chi connectivity index (χ2v) is 2.85. The molecule has 0 rings (SSSR count). The molecule has 76 valence electrons. The Morgan fingerprint density at radius 1 is 1.38 bits per heavy atom. The maximum atomic E-state index is 11.0. The molecule has 0 aromatic carbocycles. The first-order valence-electron chi connectivity index (χ1n) is 3.83. The first-order chi connectivity index (χ1) is 5.86. The first kappa shape index (κ1) is 11.9. The minimum atomic E-state index is -1.31. The Kier molecular flexibility index (Phi) is 4.36. The van der Waals surface area contributed by atoms with E-state index in [1.165, 1.54) is 13.8 Å². The summed E-state index contributed by atoms with van der Waals surface area (Å²) < 4.78 is 0. The van der Waals surface area contributed by atoms with Gasteiger partial charge in [-0.15, -0.1) is 0 Å². The van der Waals surface area contributed by atoms with E-state index in [2.05, 4.69) is 5.32 Å². The third-order valence-corrected chi connectivity index (χ3v) is 1.46. The van der Waals surface area contributed by atoms with E-state index in [1.807, 2.05) is 0 Å². The lowest BCUT2D eigenvalue weighted by Crippen LogP contribution is -2.51. The van der Waals surface area contributed by atoms with Crippen LogP contribution < -0.4 is 11.1 Å². The summed E-state index contributed by atoms with van der Waals surface area (Å²) in [6.07, 6.45) is -1.15. The highest BCUT2D eigenvalue weighted by atomic mass is 16.4.